The van der Waals surface area contributed by atoms with E-state index in [1.54, 1.807) is 0 Å². The Hall–Kier alpha value is -0.120. The number of hydrogen-bond acceptors (Lipinski definition) is 3. The van der Waals surface area contributed by atoms with E-state index in [1.807, 2.05) is 0 Å². The van der Waals surface area contributed by atoms with Crippen LogP contribution in [0.5, 0.6) is 0 Å². The molecule has 2 atom stereocenters. The number of aliphatic hydroxyl groups excluding tert-OH is 1. The summed E-state index contributed by atoms with van der Waals surface area (Å²) in [4.78, 5) is 0. The van der Waals surface area contributed by atoms with E-state index in [1.165, 1.54) is 0 Å². The van der Waals surface area contributed by atoms with Crippen molar-refractivity contribution in [3.63, 3.8) is 0 Å². The molecule has 0 aromatic carbocycles. The Balaban J connectivity index is 3.88. The lowest BCUT2D eigenvalue weighted by Gasteiger charge is -2.25. The number of nitrogens with one attached hydrogen (secondary N) is 1. The minimum atomic E-state index is 0.0841. The second-order valence-corrected chi connectivity index (χ2v) is 4.44. The minimum Gasteiger partial charge on any atom is -0.395 e. The minimum absolute atomic E-state index is 0.0841. The maximum atomic E-state index is 9.23. The van der Waals surface area contributed by atoms with Crippen molar-refractivity contribution in [2.24, 2.45) is 5.92 Å². The fraction of sp³-hybridized carbons (Fsp3) is 1.00. The van der Waals surface area contributed by atoms with Crippen LogP contribution in [-0.4, -0.2) is 30.6 Å². The molecule has 0 rings (SSSR count). The van der Waals surface area contributed by atoms with Crippen LogP contribution in [0, 0.1) is 5.92 Å². The van der Waals surface area contributed by atoms with Crippen LogP contribution >= 0.6 is 0 Å². The summed E-state index contributed by atoms with van der Waals surface area (Å²) in [6.07, 6.45) is 3.05. The van der Waals surface area contributed by atoms with Crippen LogP contribution in [0.3, 0.4) is 0 Å². The van der Waals surface area contributed by atoms with E-state index in [0.717, 1.165) is 25.9 Å². The fourth-order valence-corrected chi connectivity index (χ4v) is 1.57. The largest absolute Gasteiger partial charge is 0.395 e. The molecule has 0 saturated heterocycles. The lowest BCUT2D eigenvalue weighted by Crippen LogP contribution is -2.42. The third-order valence-corrected chi connectivity index (χ3v) is 2.29. The monoisotopic (exact) mass is 217 g/mol. The van der Waals surface area contributed by atoms with Gasteiger partial charge in [0.05, 0.1) is 6.61 Å². The van der Waals surface area contributed by atoms with Crippen LogP contribution in [-0.2, 0) is 4.74 Å². The van der Waals surface area contributed by atoms with Crippen molar-refractivity contribution < 1.29 is 9.84 Å². The molecule has 0 radical (unpaired) electrons. The summed E-state index contributed by atoms with van der Waals surface area (Å²) >= 11 is 0. The van der Waals surface area contributed by atoms with Gasteiger partial charge in [0.2, 0.25) is 0 Å². The topological polar surface area (TPSA) is 41.5 Å². The van der Waals surface area contributed by atoms with Gasteiger partial charge in [-0.1, -0.05) is 27.7 Å². The van der Waals surface area contributed by atoms with Gasteiger partial charge in [-0.05, 0) is 25.2 Å². The molecule has 2 N–H and O–H groups in total. The molecule has 0 fully saturated rings. The van der Waals surface area contributed by atoms with Crippen LogP contribution in [0.1, 0.15) is 47.0 Å². The standard InChI is InChI=1S/C12H27NO2/c1-5-7-15-12(6-2)13-11(9-14)8-10(3)4/h10-14H,5-9H2,1-4H3. The molecule has 15 heavy (non-hydrogen) atoms. The summed E-state index contributed by atoms with van der Waals surface area (Å²) in [5, 5.41) is 12.6. The summed E-state index contributed by atoms with van der Waals surface area (Å²) in [7, 11) is 0. The molecule has 2 unspecified atom stereocenters. The van der Waals surface area contributed by atoms with Crippen molar-refractivity contribution in [3.05, 3.63) is 0 Å². The van der Waals surface area contributed by atoms with Gasteiger partial charge in [-0.2, -0.15) is 0 Å². The van der Waals surface area contributed by atoms with Gasteiger partial charge in [-0.15, -0.1) is 0 Å². The van der Waals surface area contributed by atoms with Gasteiger partial charge in [0, 0.05) is 12.6 Å². The van der Waals surface area contributed by atoms with Crippen molar-refractivity contribution in [1.82, 2.24) is 5.32 Å². The normalized spacial score (nSPS) is 15.6. The molecular weight excluding hydrogens is 190 g/mol. The van der Waals surface area contributed by atoms with Crippen LogP contribution in [0.15, 0.2) is 0 Å². The molecule has 0 spiro atoms. The first-order valence-corrected chi connectivity index (χ1v) is 6.12. The van der Waals surface area contributed by atoms with Crippen molar-refractivity contribution in [2.75, 3.05) is 13.2 Å². The Bertz CT molecular complexity index is 140. The highest BCUT2D eigenvalue weighted by Crippen LogP contribution is 2.06. The third kappa shape index (κ3) is 7.77. The fourth-order valence-electron chi connectivity index (χ4n) is 1.57. The van der Waals surface area contributed by atoms with Gasteiger partial charge < -0.3 is 9.84 Å². The van der Waals surface area contributed by atoms with E-state index in [2.05, 4.69) is 33.0 Å². The summed E-state index contributed by atoms with van der Waals surface area (Å²) in [5.74, 6) is 0.596. The first-order chi connectivity index (χ1) is 7.13. The lowest BCUT2D eigenvalue weighted by molar-refractivity contribution is 0.0112. The van der Waals surface area contributed by atoms with E-state index in [-0.39, 0.29) is 18.9 Å². The van der Waals surface area contributed by atoms with Crippen LogP contribution in [0.25, 0.3) is 0 Å². The Kier molecular flexibility index (Phi) is 9.06. The van der Waals surface area contributed by atoms with Crippen molar-refractivity contribution in [1.29, 1.82) is 0 Å². The summed E-state index contributed by atoms with van der Waals surface area (Å²) in [6, 6.07) is 0.159. The average Bonchev–Trinajstić information content (AvgIpc) is 2.21. The Labute approximate surface area is 94.2 Å². The number of hydrogen-bond donors (Lipinski definition) is 2. The molecule has 0 bridgehead atoms. The first kappa shape index (κ1) is 14.9. The van der Waals surface area contributed by atoms with Gasteiger partial charge in [0.1, 0.15) is 6.23 Å². The summed E-state index contributed by atoms with van der Waals surface area (Å²) < 4.78 is 5.63. The second kappa shape index (κ2) is 9.13. The first-order valence-electron chi connectivity index (χ1n) is 6.12. The van der Waals surface area contributed by atoms with Crippen molar-refractivity contribution >= 4 is 0 Å². The van der Waals surface area contributed by atoms with E-state index in [9.17, 15) is 5.11 Å². The van der Waals surface area contributed by atoms with Crippen LogP contribution in [0.4, 0.5) is 0 Å². The van der Waals surface area contributed by atoms with E-state index in [4.69, 9.17) is 4.74 Å². The zero-order valence-electron chi connectivity index (χ0n) is 10.6. The molecule has 0 amide bonds. The Morgan fingerprint density at radius 1 is 1.27 bits per heavy atom. The number of aliphatic hydroxyl groups is 1. The predicted octanol–water partition coefficient (Wildman–Crippen LogP) is 2.15. The quantitative estimate of drug-likeness (QED) is 0.581. The highest BCUT2D eigenvalue weighted by atomic mass is 16.5. The van der Waals surface area contributed by atoms with Gasteiger partial charge in [-0.3, -0.25) is 5.32 Å². The molecule has 0 aromatic heterocycles. The summed E-state index contributed by atoms with van der Waals surface area (Å²) in [6.45, 7) is 9.49. The zero-order chi connectivity index (χ0) is 11.7. The van der Waals surface area contributed by atoms with E-state index >= 15 is 0 Å². The van der Waals surface area contributed by atoms with Gasteiger partial charge in [-0.25, -0.2) is 0 Å². The highest BCUT2D eigenvalue weighted by molar-refractivity contribution is 4.69. The molecule has 0 aliphatic heterocycles. The molecule has 92 valence electrons. The molecular formula is C12H27NO2. The number of rotatable bonds is 9. The SMILES string of the molecule is CCCOC(CC)NC(CO)CC(C)C. The Morgan fingerprint density at radius 2 is 1.93 bits per heavy atom. The van der Waals surface area contributed by atoms with Gasteiger partial charge in [0.15, 0.2) is 0 Å². The van der Waals surface area contributed by atoms with Crippen LogP contribution < -0.4 is 5.32 Å². The van der Waals surface area contributed by atoms with Crippen LogP contribution in [0.2, 0.25) is 0 Å². The van der Waals surface area contributed by atoms with Crippen molar-refractivity contribution in [2.45, 2.75) is 59.2 Å². The lowest BCUT2D eigenvalue weighted by atomic mass is 10.0. The van der Waals surface area contributed by atoms with Gasteiger partial charge in [0.25, 0.3) is 0 Å². The highest BCUT2D eigenvalue weighted by Gasteiger charge is 2.14. The second-order valence-electron chi connectivity index (χ2n) is 4.44. The van der Waals surface area contributed by atoms with E-state index < -0.39 is 0 Å². The maximum Gasteiger partial charge on any atom is 0.108 e. The predicted molar refractivity (Wildman–Crippen MR) is 63.8 cm³/mol. The Morgan fingerprint density at radius 3 is 2.33 bits per heavy atom. The maximum absolute atomic E-state index is 9.23. The smallest absolute Gasteiger partial charge is 0.108 e. The van der Waals surface area contributed by atoms with Gasteiger partial charge >= 0.3 is 0 Å². The van der Waals surface area contributed by atoms with E-state index in [0.29, 0.717) is 5.92 Å². The molecule has 0 saturated carbocycles. The molecule has 3 nitrogen and oxygen atoms in total. The zero-order valence-corrected chi connectivity index (χ0v) is 10.6. The number of ether oxygens (including phenoxy) is 1. The molecule has 0 aromatic rings. The molecule has 0 heterocycles. The summed E-state index contributed by atoms with van der Waals surface area (Å²) in [5.41, 5.74) is 0. The molecule has 0 aliphatic carbocycles. The average molecular weight is 217 g/mol. The third-order valence-electron chi connectivity index (χ3n) is 2.29. The molecule has 0 aliphatic rings. The molecule has 3 heteroatoms. The van der Waals surface area contributed by atoms with Crippen molar-refractivity contribution in [3.8, 4) is 0 Å².